The standard InChI is InChI=1S/C17H11BrCl2FNO/c18-10-1-4-13(14(19)7-10)17-6-3-12(23-17)9-22-11-2-5-16(21)15(20)8-11/h1-8,22H,9H2. The molecule has 1 aromatic heterocycles. The number of furan rings is 1. The lowest BCUT2D eigenvalue weighted by molar-refractivity contribution is 0.531. The molecular weight excluding hydrogens is 404 g/mol. The maximum absolute atomic E-state index is 13.1. The predicted molar refractivity (Wildman–Crippen MR) is 95.6 cm³/mol. The molecule has 1 heterocycles. The van der Waals surface area contributed by atoms with Crippen molar-refractivity contribution in [1.29, 1.82) is 0 Å². The Balaban J connectivity index is 1.73. The van der Waals surface area contributed by atoms with Crippen molar-refractivity contribution < 1.29 is 8.81 Å². The molecule has 2 nitrogen and oxygen atoms in total. The summed E-state index contributed by atoms with van der Waals surface area (Å²) in [4.78, 5) is 0. The van der Waals surface area contributed by atoms with Crippen LogP contribution in [0.15, 0.2) is 57.4 Å². The number of nitrogens with one attached hydrogen (secondary N) is 1. The van der Waals surface area contributed by atoms with E-state index in [0.717, 1.165) is 21.5 Å². The quantitative estimate of drug-likeness (QED) is 0.509. The van der Waals surface area contributed by atoms with Gasteiger partial charge in [0.25, 0.3) is 0 Å². The van der Waals surface area contributed by atoms with Crippen LogP contribution in [0.3, 0.4) is 0 Å². The molecule has 6 heteroatoms. The molecule has 0 radical (unpaired) electrons. The molecule has 3 rings (SSSR count). The van der Waals surface area contributed by atoms with Gasteiger partial charge in [-0.25, -0.2) is 4.39 Å². The van der Waals surface area contributed by atoms with Crippen molar-refractivity contribution in [3.05, 3.63) is 74.6 Å². The van der Waals surface area contributed by atoms with Gasteiger partial charge in [0.05, 0.1) is 16.6 Å². The fourth-order valence-electron chi connectivity index (χ4n) is 2.10. The molecule has 0 bridgehead atoms. The highest BCUT2D eigenvalue weighted by molar-refractivity contribution is 9.10. The molecule has 0 amide bonds. The van der Waals surface area contributed by atoms with Crippen molar-refractivity contribution in [2.24, 2.45) is 0 Å². The van der Waals surface area contributed by atoms with Crippen LogP contribution in [0.25, 0.3) is 11.3 Å². The van der Waals surface area contributed by atoms with Gasteiger partial charge in [0.2, 0.25) is 0 Å². The Morgan fingerprint density at radius 2 is 1.83 bits per heavy atom. The molecule has 0 saturated heterocycles. The van der Waals surface area contributed by atoms with E-state index in [0.29, 0.717) is 17.3 Å². The maximum atomic E-state index is 13.1. The molecule has 0 saturated carbocycles. The third-order valence-electron chi connectivity index (χ3n) is 3.24. The molecule has 1 N–H and O–H groups in total. The van der Waals surface area contributed by atoms with Crippen LogP contribution in [0.5, 0.6) is 0 Å². The van der Waals surface area contributed by atoms with Gasteiger partial charge in [-0.15, -0.1) is 0 Å². The van der Waals surface area contributed by atoms with Crippen molar-refractivity contribution in [2.75, 3.05) is 5.32 Å². The van der Waals surface area contributed by atoms with E-state index in [1.807, 2.05) is 30.3 Å². The SMILES string of the molecule is Fc1ccc(NCc2ccc(-c3ccc(Br)cc3Cl)o2)cc1Cl. The molecule has 0 fully saturated rings. The summed E-state index contributed by atoms with van der Waals surface area (Å²) in [6.07, 6.45) is 0. The van der Waals surface area contributed by atoms with Crippen molar-refractivity contribution in [2.45, 2.75) is 6.54 Å². The van der Waals surface area contributed by atoms with E-state index in [2.05, 4.69) is 21.2 Å². The Morgan fingerprint density at radius 3 is 2.57 bits per heavy atom. The second kappa shape index (κ2) is 6.95. The summed E-state index contributed by atoms with van der Waals surface area (Å²) in [5.74, 6) is 0.984. The number of benzene rings is 2. The molecule has 0 atom stereocenters. The molecule has 0 aliphatic carbocycles. The van der Waals surface area contributed by atoms with Crippen LogP contribution < -0.4 is 5.32 Å². The summed E-state index contributed by atoms with van der Waals surface area (Å²) in [7, 11) is 0. The van der Waals surface area contributed by atoms with Gasteiger partial charge in [0, 0.05) is 15.7 Å². The average Bonchev–Trinajstić information content (AvgIpc) is 2.97. The predicted octanol–water partition coefficient (Wildman–Crippen LogP) is 6.77. The first-order valence-electron chi connectivity index (χ1n) is 6.76. The first-order valence-corrected chi connectivity index (χ1v) is 8.31. The van der Waals surface area contributed by atoms with E-state index in [9.17, 15) is 4.39 Å². The lowest BCUT2D eigenvalue weighted by Crippen LogP contribution is -1.98. The van der Waals surface area contributed by atoms with Crippen LogP contribution in [0, 0.1) is 5.82 Å². The maximum Gasteiger partial charge on any atom is 0.141 e. The van der Waals surface area contributed by atoms with Crippen molar-refractivity contribution in [1.82, 2.24) is 0 Å². The molecule has 3 aromatic rings. The lowest BCUT2D eigenvalue weighted by atomic mass is 10.2. The number of hydrogen-bond donors (Lipinski definition) is 1. The second-order valence-corrected chi connectivity index (χ2v) is 6.60. The Morgan fingerprint density at radius 1 is 1.00 bits per heavy atom. The number of rotatable bonds is 4. The van der Waals surface area contributed by atoms with E-state index in [4.69, 9.17) is 27.6 Å². The van der Waals surface area contributed by atoms with Crippen molar-refractivity contribution in [3.8, 4) is 11.3 Å². The van der Waals surface area contributed by atoms with Gasteiger partial charge >= 0.3 is 0 Å². The van der Waals surface area contributed by atoms with E-state index >= 15 is 0 Å². The molecule has 0 spiro atoms. The molecular formula is C17H11BrCl2FNO. The lowest BCUT2D eigenvalue weighted by Gasteiger charge is -2.05. The summed E-state index contributed by atoms with van der Waals surface area (Å²) >= 11 is 15.3. The summed E-state index contributed by atoms with van der Waals surface area (Å²) in [5, 5.41) is 3.82. The van der Waals surface area contributed by atoms with Crippen LogP contribution in [-0.4, -0.2) is 0 Å². The number of hydrogen-bond acceptors (Lipinski definition) is 2. The normalized spacial score (nSPS) is 10.8. The van der Waals surface area contributed by atoms with Crippen molar-refractivity contribution in [3.63, 3.8) is 0 Å². The molecule has 23 heavy (non-hydrogen) atoms. The minimum Gasteiger partial charge on any atom is -0.459 e. The van der Waals surface area contributed by atoms with E-state index in [1.54, 1.807) is 6.07 Å². The minimum absolute atomic E-state index is 0.0804. The largest absolute Gasteiger partial charge is 0.459 e. The molecule has 0 unspecified atom stereocenters. The molecule has 0 aliphatic rings. The van der Waals surface area contributed by atoms with Crippen LogP contribution in [-0.2, 0) is 6.54 Å². The van der Waals surface area contributed by atoms with Crippen molar-refractivity contribution >= 4 is 44.8 Å². The second-order valence-electron chi connectivity index (χ2n) is 4.87. The van der Waals surface area contributed by atoms with Gasteiger partial charge in [-0.1, -0.05) is 39.1 Å². The zero-order valence-corrected chi connectivity index (χ0v) is 14.8. The Kier molecular flexibility index (Phi) is 4.95. The Bertz CT molecular complexity index is 850. The monoisotopic (exact) mass is 413 g/mol. The third-order valence-corrected chi connectivity index (χ3v) is 4.34. The fraction of sp³-hybridized carbons (Fsp3) is 0.0588. The summed E-state index contributed by atoms with van der Waals surface area (Å²) in [5.41, 5.74) is 1.54. The summed E-state index contributed by atoms with van der Waals surface area (Å²) in [6, 6.07) is 13.8. The van der Waals surface area contributed by atoms with Gasteiger partial charge in [-0.05, 0) is 48.5 Å². The van der Waals surface area contributed by atoms with E-state index in [1.165, 1.54) is 12.1 Å². The van der Waals surface area contributed by atoms with Crippen LogP contribution in [0.1, 0.15) is 5.76 Å². The highest BCUT2D eigenvalue weighted by atomic mass is 79.9. The topological polar surface area (TPSA) is 25.2 Å². The smallest absolute Gasteiger partial charge is 0.141 e. The zero-order valence-electron chi connectivity index (χ0n) is 11.7. The van der Waals surface area contributed by atoms with Gasteiger partial charge < -0.3 is 9.73 Å². The summed E-state index contributed by atoms with van der Waals surface area (Å²) < 4.78 is 19.8. The van der Waals surface area contributed by atoms with Crippen LogP contribution in [0.2, 0.25) is 10.0 Å². The molecule has 2 aromatic carbocycles. The highest BCUT2D eigenvalue weighted by Crippen LogP contribution is 2.31. The van der Waals surface area contributed by atoms with Gasteiger partial charge in [-0.2, -0.15) is 0 Å². The van der Waals surface area contributed by atoms with Crippen LogP contribution in [0.4, 0.5) is 10.1 Å². The first kappa shape index (κ1) is 16.4. The average molecular weight is 415 g/mol. The van der Waals surface area contributed by atoms with E-state index in [-0.39, 0.29) is 5.02 Å². The zero-order chi connectivity index (χ0) is 16.4. The Hall–Kier alpha value is -1.49. The number of halogens is 4. The Labute approximate surface area is 151 Å². The highest BCUT2D eigenvalue weighted by Gasteiger charge is 2.09. The minimum atomic E-state index is -0.442. The van der Waals surface area contributed by atoms with Crippen LogP contribution >= 0.6 is 39.1 Å². The van der Waals surface area contributed by atoms with Gasteiger partial charge in [-0.3, -0.25) is 0 Å². The first-order chi connectivity index (χ1) is 11.0. The molecule has 0 aliphatic heterocycles. The fourth-order valence-corrected chi connectivity index (χ4v) is 3.05. The van der Waals surface area contributed by atoms with Gasteiger partial charge in [0.15, 0.2) is 0 Å². The van der Waals surface area contributed by atoms with E-state index < -0.39 is 5.82 Å². The third kappa shape index (κ3) is 3.89. The molecule has 118 valence electrons. The van der Waals surface area contributed by atoms with Gasteiger partial charge in [0.1, 0.15) is 17.3 Å². The summed E-state index contributed by atoms with van der Waals surface area (Å²) in [6.45, 7) is 0.454. The number of anilines is 1.